The molecule has 1 aromatic heterocycles. The van der Waals surface area contributed by atoms with Crippen molar-refractivity contribution in [3.63, 3.8) is 0 Å². The Kier molecular flexibility index (Phi) is 4.92. The number of aryl methyl sites for hydroxylation is 2. The van der Waals surface area contributed by atoms with E-state index in [4.69, 9.17) is 11.6 Å². The zero-order chi connectivity index (χ0) is 18.2. The number of carbonyl (C=O) groups excluding carboxylic acids is 1. The first-order valence-corrected chi connectivity index (χ1v) is 9.27. The maximum absolute atomic E-state index is 12.9. The summed E-state index contributed by atoms with van der Waals surface area (Å²) in [7, 11) is 0. The number of nitrogens with one attached hydrogen (secondary N) is 1. The highest BCUT2D eigenvalue weighted by molar-refractivity contribution is 6.31. The van der Waals surface area contributed by atoms with Gasteiger partial charge in [-0.25, -0.2) is 0 Å². The van der Waals surface area contributed by atoms with Crippen molar-refractivity contribution in [1.29, 1.82) is 0 Å². The van der Waals surface area contributed by atoms with E-state index in [1.54, 1.807) is 0 Å². The third kappa shape index (κ3) is 3.59. The molecule has 1 saturated carbocycles. The largest absolute Gasteiger partial charge is 0.353 e. The maximum Gasteiger partial charge on any atom is 0.245 e. The molecule has 1 atom stereocenters. The second-order valence-corrected chi connectivity index (χ2v) is 7.95. The van der Waals surface area contributed by atoms with Gasteiger partial charge in [0.05, 0.1) is 5.69 Å². The van der Waals surface area contributed by atoms with Gasteiger partial charge in [0.1, 0.15) is 6.04 Å². The summed E-state index contributed by atoms with van der Waals surface area (Å²) in [5, 5.41) is 8.47. The van der Waals surface area contributed by atoms with Crippen LogP contribution in [0.25, 0.3) is 0 Å². The highest BCUT2D eigenvalue weighted by Gasteiger charge is 2.46. The molecule has 0 aliphatic heterocycles. The van der Waals surface area contributed by atoms with Crippen LogP contribution in [-0.2, 0) is 10.2 Å². The van der Waals surface area contributed by atoms with Gasteiger partial charge in [0, 0.05) is 22.7 Å². The summed E-state index contributed by atoms with van der Waals surface area (Å²) in [6, 6.07) is 9.66. The first kappa shape index (κ1) is 18.0. The highest BCUT2D eigenvalue weighted by Crippen LogP contribution is 2.49. The summed E-state index contributed by atoms with van der Waals surface area (Å²) in [6.45, 7) is 8.69. The zero-order valence-electron chi connectivity index (χ0n) is 15.3. The molecule has 1 amide bonds. The smallest absolute Gasteiger partial charge is 0.245 e. The first-order chi connectivity index (χ1) is 11.8. The lowest BCUT2D eigenvalue weighted by molar-refractivity contribution is -0.126. The van der Waals surface area contributed by atoms with Gasteiger partial charge in [-0.2, -0.15) is 5.10 Å². The molecule has 4 nitrogen and oxygen atoms in total. The van der Waals surface area contributed by atoms with Crippen LogP contribution in [0.2, 0.25) is 5.02 Å². The monoisotopic (exact) mass is 359 g/mol. The molecule has 0 spiro atoms. The molecule has 5 heteroatoms. The molecule has 3 rings (SSSR count). The van der Waals surface area contributed by atoms with E-state index in [1.807, 2.05) is 42.8 Å². The fourth-order valence-corrected chi connectivity index (χ4v) is 3.90. The van der Waals surface area contributed by atoms with Crippen LogP contribution in [0.5, 0.6) is 0 Å². The third-order valence-corrected chi connectivity index (χ3v) is 5.44. The molecule has 0 bridgehead atoms. The Morgan fingerprint density at radius 2 is 2.00 bits per heavy atom. The first-order valence-electron chi connectivity index (χ1n) is 8.89. The molecule has 1 fully saturated rings. The number of rotatable bonds is 6. The van der Waals surface area contributed by atoms with Crippen LogP contribution < -0.4 is 5.32 Å². The van der Waals surface area contributed by atoms with Gasteiger partial charge in [-0.05, 0) is 50.3 Å². The van der Waals surface area contributed by atoms with Gasteiger partial charge in [0.25, 0.3) is 0 Å². The quantitative estimate of drug-likeness (QED) is 0.840. The van der Waals surface area contributed by atoms with Gasteiger partial charge in [0.2, 0.25) is 5.91 Å². The maximum atomic E-state index is 12.9. The van der Waals surface area contributed by atoms with Crippen molar-refractivity contribution in [2.45, 2.75) is 52.0 Å². The number of benzene rings is 1. The molecule has 134 valence electrons. The molecular weight excluding hydrogens is 334 g/mol. The van der Waals surface area contributed by atoms with Crippen LogP contribution in [0.4, 0.5) is 0 Å². The summed E-state index contributed by atoms with van der Waals surface area (Å²) < 4.78 is 1.85. The Labute approximate surface area is 154 Å². The van der Waals surface area contributed by atoms with E-state index in [0.29, 0.717) is 6.54 Å². The molecule has 1 N–H and O–H groups in total. The van der Waals surface area contributed by atoms with Crippen molar-refractivity contribution in [2.24, 2.45) is 5.92 Å². The molecular formula is C20H26ClN3O. The number of carbonyl (C=O) groups is 1. The summed E-state index contributed by atoms with van der Waals surface area (Å²) in [5.74, 6) is 0.188. The Morgan fingerprint density at radius 1 is 1.32 bits per heavy atom. The zero-order valence-corrected chi connectivity index (χ0v) is 16.1. The predicted octanol–water partition coefficient (Wildman–Crippen LogP) is 4.20. The van der Waals surface area contributed by atoms with Crippen molar-refractivity contribution in [3.05, 3.63) is 52.3 Å². The number of amides is 1. The minimum absolute atomic E-state index is 0.00931. The van der Waals surface area contributed by atoms with Crippen LogP contribution in [0.3, 0.4) is 0 Å². The average Bonchev–Trinajstić information content (AvgIpc) is 3.26. The number of halogens is 1. The van der Waals surface area contributed by atoms with E-state index in [2.05, 4.69) is 30.3 Å². The van der Waals surface area contributed by atoms with Crippen molar-refractivity contribution in [1.82, 2.24) is 15.1 Å². The van der Waals surface area contributed by atoms with Crippen molar-refractivity contribution in [2.75, 3.05) is 6.54 Å². The van der Waals surface area contributed by atoms with Gasteiger partial charge in [0.15, 0.2) is 0 Å². The summed E-state index contributed by atoms with van der Waals surface area (Å²) in [5.41, 5.74) is 3.08. The van der Waals surface area contributed by atoms with Crippen LogP contribution in [0, 0.1) is 19.8 Å². The fourth-order valence-electron chi connectivity index (χ4n) is 3.57. The molecule has 1 aromatic carbocycles. The van der Waals surface area contributed by atoms with Gasteiger partial charge >= 0.3 is 0 Å². The normalized spacial score (nSPS) is 16.7. The van der Waals surface area contributed by atoms with Crippen LogP contribution in [0.1, 0.15) is 49.7 Å². The number of aromatic nitrogens is 2. The Hall–Kier alpha value is -1.81. The van der Waals surface area contributed by atoms with Gasteiger partial charge in [-0.1, -0.05) is 43.6 Å². The van der Waals surface area contributed by atoms with Gasteiger partial charge < -0.3 is 5.32 Å². The molecule has 1 aliphatic rings. The van der Waals surface area contributed by atoms with Gasteiger partial charge in [-0.15, -0.1) is 0 Å². The lowest BCUT2D eigenvalue weighted by Crippen LogP contribution is -2.40. The van der Waals surface area contributed by atoms with E-state index >= 15 is 0 Å². The molecule has 0 radical (unpaired) electrons. The molecule has 1 unspecified atom stereocenters. The Morgan fingerprint density at radius 3 is 2.52 bits per heavy atom. The van der Waals surface area contributed by atoms with Gasteiger partial charge in [-0.3, -0.25) is 9.48 Å². The molecule has 1 aliphatic carbocycles. The SMILES string of the molecule is Cc1cc(C)n(C(C(=O)NCC2(c3ccccc3Cl)CC2)C(C)C)n1. The standard InChI is InChI=1S/C20H26ClN3O/c1-13(2)18(24-15(4)11-14(3)23-24)19(25)22-12-20(9-10-20)16-7-5-6-8-17(16)21/h5-8,11,13,18H,9-10,12H2,1-4H3,(H,22,25). The van der Waals surface area contributed by atoms with E-state index in [-0.39, 0.29) is 23.3 Å². The summed E-state index contributed by atoms with van der Waals surface area (Å²) in [4.78, 5) is 12.9. The number of hydrogen-bond acceptors (Lipinski definition) is 2. The third-order valence-electron chi connectivity index (χ3n) is 5.11. The molecule has 25 heavy (non-hydrogen) atoms. The average molecular weight is 360 g/mol. The fraction of sp³-hybridized carbons (Fsp3) is 0.500. The topological polar surface area (TPSA) is 46.9 Å². The van der Waals surface area contributed by atoms with Crippen molar-refractivity contribution >= 4 is 17.5 Å². The molecule has 2 aromatic rings. The second kappa shape index (κ2) is 6.83. The summed E-state index contributed by atoms with van der Waals surface area (Å²) in [6.07, 6.45) is 2.12. The van der Waals surface area contributed by atoms with E-state index in [9.17, 15) is 4.79 Å². The van der Waals surface area contributed by atoms with E-state index < -0.39 is 0 Å². The Balaban J connectivity index is 1.75. The Bertz CT molecular complexity index is 777. The predicted molar refractivity (Wildman–Crippen MR) is 101 cm³/mol. The minimum atomic E-state index is -0.296. The lowest BCUT2D eigenvalue weighted by Gasteiger charge is -2.24. The highest BCUT2D eigenvalue weighted by atomic mass is 35.5. The van der Waals surface area contributed by atoms with E-state index in [0.717, 1.165) is 34.8 Å². The van der Waals surface area contributed by atoms with Crippen LogP contribution in [-0.4, -0.2) is 22.2 Å². The van der Waals surface area contributed by atoms with E-state index in [1.165, 1.54) is 0 Å². The molecule has 1 heterocycles. The van der Waals surface area contributed by atoms with Crippen molar-refractivity contribution in [3.8, 4) is 0 Å². The van der Waals surface area contributed by atoms with Crippen molar-refractivity contribution < 1.29 is 4.79 Å². The molecule has 0 saturated heterocycles. The summed E-state index contributed by atoms with van der Waals surface area (Å²) >= 11 is 6.37. The number of hydrogen-bond donors (Lipinski definition) is 1. The lowest BCUT2D eigenvalue weighted by atomic mass is 9.95. The number of nitrogens with zero attached hydrogens (tertiary/aromatic N) is 2. The van der Waals surface area contributed by atoms with Crippen LogP contribution in [0.15, 0.2) is 30.3 Å². The van der Waals surface area contributed by atoms with Crippen LogP contribution >= 0.6 is 11.6 Å². The minimum Gasteiger partial charge on any atom is -0.353 e. The second-order valence-electron chi connectivity index (χ2n) is 7.54.